The molecule has 0 spiro atoms. The topological polar surface area (TPSA) is 67.0 Å². The van der Waals surface area contributed by atoms with Crippen LogP contribution in [0.1, 0.15) is 6.92 Å². The smallest absolute Gasteiger partial charge is 0.237 e. The summed E-state index contributed by atoms with van der Waals surface area (Å²) in [5, 5.41) is 3.87. The number of carbonyl (C=O) groups is 1. The van der Waals surface area contributed by atoms with Crippen molar-refractivity contribution in [3.63, 3.8) is 0 Å². The average Bonchev–Trinajstić information content (AvgIpc) is 2.96. The Kier molecular flexibility index (Phi) is 4.97. The van der Waals surface area contributed by atoms with Gasteiger partial charge in [0.05, 0.1) is 29.1 Å². The molecule has 7 heteroatoms. The molecular weight excluding hydrogens is 346 g/mol. The van der Waals surface area contributed by atoms with Gasteiger partial charge in [0.15, 0.2) is 5.16 Å². The molecule has 2 N–H and O–H groups in total. The lowest BCUT2D eigenvalue weighted by Gasteiger charge is -2.13. The van der Waals surface area contributed by atoms with Crippen LogP contribution in [0.2, 0.25) is 5.02 Å². The number of anilines is 1. The van der Waals surface area contributed by atoms with E-state index < -0.39 is 0 Å². The number of rotatable bonds is 5. The monoisotopic (exact) mass is 361 g/mol. The molecule has 0 saturated carbocycles. The predicted octanol–water partition coefficient (Wildman–Crippen LogP) is 4.34. The summed E-state index contributed by atoms with van der Waals surface area (Å²) in [5.41, 5.74) is 2.32. The number of H-pyrrole nitrogens is 1. The molecule has 3 aromatic rings. The number of methoxy groups -OCH3 is 1. The number of para-hydroxylation sites is 2. The first-order chi connectivity index (χ1) is 11.6. The minimum Gasteiger partial charge on any atom is -0.495 e. The molecule has 0 bridgehead atoms. The SMILES string of the molecule is COc1ccccc1NC(=O)C(C)Sc1nc2ccc(Cl)cc2[nH]1. The third kappa shape index (κ3) is 3.66. The Labute approximate surface area is 148 Å². The third-order valence-electron chi connectivity index (χ3n) is 3.44. The number of fused-ring (bicyclic) bond motifs is 1. The van der Waals surface area contributed by atoms with Gasteiger partial charge in [-0.3, -0.25) is 4.79 Å². The standard InChI is InChI=1S/C17H16ClN3O2S/c1-10(16(22)19-13-5-3-4-6-15(13)23-2)24-17-20-12-8-7-11(18)9-14(12)21-17/h3-10H,1-2H3,(H,19,22)(H,20,21). The van der Waals surface area contributed by atoms with Gasteiger partial charge in [-0.05, 0) is 37.3 Å². The molecule has 2 aromatic carbocycles. The molecule has 1 amide bonds. The number of amides is 1. The second kappa shape index (κ2) is 7.15. The summed E-state index contributed by atoms with van der Waals surface area (Å²) in [7, 11) is 1.57. The van der Waals surface area contributed by atoms with Crippen LogP contribution >= 0.6 is 23.4 Å². The molecule has 0 aliphatic heterocycles. The molecule has 0 fully saturated rings. The highest BCUT2D eigenvalue weighted by molar-refractivity contribution is 8.00. The molecule has 124 valence electrons. The van der Waals surface area contributed by atoms with Crippen LogP contribution in [0, 0.1) is 0 Å². The van der Waals surface area contributed by atoms with Gasteiger partial charge in [0.2, 0.25) is 5.91 Å². The first kappa shape index (κ1) is 16.7. The van der Waals surface area contributed by atoms with Crippen LogP contribution in [-0.4, -0.2) is 28.2 Å². The molecule has 0 aliphatic rings. The van der Waals surface area contributed by atoms with E-state index in [9.17, 15) is 4.79 Å². The van der Waals surface area contributed by atoms with Gasteiger partial charge in [-0.25, -0.2) is 4.98 Å². The predicted molar refractivity (Wildman–Crippen MR) is 98.0 cm³/mol. The van der Waals surface area contributed by atoms with E-state index in [4.69, 9.17) is 16.3 Å². The summed E-state index contributed by atoms with van der Waals surface area (Å²) in [6, 6.07) is 12.8. The number of benzene rings is 2. The van der Waals surface area contributed by atoms with Gasteiger partial charge >= 0.3 is 0 Å². The number of aromatic nitrogens is 2. The van der Waals surface area contributed by atoms with E-state index in [0.29, 0.717) is 21.6 Å². The van der Waals surface area contributed by atoms with Crippen molar-refractivity contribution < 1.29 is 9.53 Å². The Morgan fingerprint density at radius 1 is 1.33 bits per heavy atom. The fraction of sp³-hybridized carbons (Fsp3) is 0.176. The van der Waals surface area contributed by atoms with Crippen molar-refractivity contribution in [2.75, 3.05) is 12.4 Å². The van der Waals surface area contributed by atoms with Gasteiger partial charge < -0.3 is 15.0 Å². The summed E-state index contributed by atoms with van der Waals surface area (Å²) >= 11 is 7.33. The van der Waals surface area contributed by atoms with Crippen molar-refractivity contribution in [3.05, 3.63) is 47.5 Å². The van der Waals surface area contributed by atoms with Crippen LogP contribution in [0.3, 0.4) is 0 Å². The number of aromatic amines is 1. The lowest BCUT2D eigenvalue weighted by Crippen LogP contribution is -2.22. The average molecular weight is 362 g/mol. The van der Waals surface area contributed by atoms with Crippen LogP contribution in [0.25, 0.3) is 11.0 Å². The van der Waals surface area contributed by atoms with Gasteiger partial charge in [-0.15, -0.1) is 0 Å². The molecule has 1 atom stereocenters. The van der Waals surface area contributed by atoms with Gasteiger partial charge in [0.1, 0.15) is 5.75 Å². The Morgan fingerprint density at radius 2 is 2.12 bits per heavy atom. The molecule has 1 aromatic heterocycles. The fourth-order valence-corrected chi connectivity index (χ4v) is 3.21. The number of nitrogens with zero attached hydrogens (tertiary/aromatic N) is 1. The highest BCUT2D eigenvalue weighted by atomic mass is 35.5. The number of hydrogen-bond acceptors (Lipinski definition) is 4. The second-order valence-corrected chi connectivity index (χ2v) is 6.92. The maximum atomic E-state index is 12.4. The number of ether oxygens (including phenoxy) is 1. The Morgan fingerprint density at radius 3 is 2.92 bits per heavy atom. The third-order valence-corrected chi connectivity index (χ3v) is 4.66. The molecule has 1 heterocycles. The second-order valence-electron chi connectivity index (χ2n) is 5.15. The first-order valence-electron chi connectivity index (χ1n) is 7.32. The molecule has 0 saturated heterocycles. The van der Waals surface area contributed by atoms with E-state index >= 15 is 0 Å². The molecule has 5 nitrogen and oxygen atoms in total. The lowest BCUT2D eigenvalue weighted by molar-refractivity contribution is -0.115. The molecular formula is C17H16ClN3O2S. The van der Waals surface area contributed by atoms with Crippen molar-refractivity contribution >= 4 is 46.0 Å². The Hall–Kier alpha value is -2.18. The van der Waals surface area contributed by atoms with Crippen molar-refractivity contribution in [2.45, 2.75) is 17.3 Å². The van der Waals surface area contributed by atoms with E-state index in [1.165, 1.54) is 11.8 Å². The van der Waals surface area contributed by atoms with E-state index in [0.717, 1.165) is 11.0 Å². The minimum absolute atomic E-state index is 0.122. The van der Waals surface area contributed by atoms with Crippen LogP contribution < -0.4 is 10.1 Å². The summed E-state index contributed by atoms with van der Waals surface area (Å²) in [4.78, 5) is 20.0. The molecule has 24 heavy (non-hydrogen) atoms. The van der Waals surface area contributed by atoms with Gasteiger partial charge in [-0.1, -0.05) is 35.5 Å². The van der Waals surface area contributed by atoms with E-state index in [1.807, 2.05) is 31.2 Å². The first-order valence-corrected chi connectivity index (χ1v) is 8.58. The van der Waals surface area contributed by atoms with Crippen molar-refractivity contribution in [1.29, 1.82) is 0 Å². The zero-order valence-corrected chi connectivity index (χ0v) is 14.7. The largest absolute Gasteiger partial charge is 0.495 e. The summed E-state index contributed by atoms with van der Waals surface area (Å²) in [6.07, 6.45) is 0. The molecule has 0 aliphatic carbocycles. The van der Waals surface area contributed by atoms with Crippen molar-refractivity contribution in [2.24, 2.45) is 0 Å². The number of halogens is 1. The minimum atomic E-state index is -0.328. The fourth-order valence-electron chi connectivity index (χ4n) is 2.22. The normalized spacial score (nSPS) is 12.1. The highest BCUT2D eigenvalue weighted by Gasteiger charge is 2.18. The van der Waals surface area contributed by atoms with E-state index in [1.54, 1.807) is 25.3 Å². The molecule has 0 radical (unpaired) electrons. The summed E-state index contributed by atoms with van der Waals surface area (Å²) < 4.78 is 5.24. The number of thioether (sulfide) groups is 1. The van der Waals surface area contributed by atoms with Crippen molar-refractivity contribution in [1.82, 2.24) is 9.97 Å². The number of imidazole rings is 1. The maximum Gasteiger partial charge on any atom is 0.237 e. The number of nitrogens with one attached hydrogen (secondary N) is 2. The quantitative estimate of drug-likeness (QED) is 0.663. The number of hydrogen-bond donors (Lipinski definition) is 2. The van der Waals surface area contributed by atoms with Crippen LogP contribution in [-0.2, 0) is 4.79 Å². The van der Waals surface area contributed by atoms with Crippen LogP contribution in [0.5, 0.6) is 5.75 Å². The van der Waals surface area contributed by atoms with Gasteiger partial charge in [0, 0.05) is 5.02 Å². The zero-order valence-electron chi connectivity index (χ0n) is 13.2. The zero-order chi connectivity index (χ0) is 17.1. The van der Waals surface area contributed by atoms with Crippen LogP contribution in [0.4, 0.5) is 5.69 Å². The van der Waals surface area contributed by atoms with Gasteiger partial charge in [-0.2, -0.15) is 0 Å². The van der Waals surface area contributed by atoms with E-state index in [-0.39, 0.29) is 11.2 Å². The highest BCUT2D eigenvalue weighted by Crippen LogP contribution is 2.27. The summed E-state index contributed by atoms with van der Waals surface area (Å²) in [5.74, 6) is 0.504. The Bertz CT molecular complexity index is 881. The summed E-state index contributed by atoms with van der Waals surface area (Å²) in [6.45, 7) is 1.83. The maximum absolute atomic E-state index is 12.4. The molecule has 3 rings (SSSR count). The molecule has 1 unspecified atom stereocenters. The van der Waals surface area contributed by atoms with Gasteiger partial charge in [0.25, 0.3) is 0 Å². The van der Waals surface area contributed by atoms with E-state index in [2.05, 4.69) is 15.3 Å². The van der Waals surface area contributed by atoms with Crippen molar-refractivity contribution in [3.8, 4) is 5.75 Å². The number of carbonyl (C=O) groups excluding carboxylic acids is 1. The lowest BCUT2D eigenvalue weighted by atomic mass is 10.3. The van der Waals surface area contributed by atoms with Crippen LogP contribution in [0.15, 0.2) is 47.6 Å². The Balaban J connectivity index is 1.71.